The first-order chi connectivity index (χ1) is 20.1. The number of pyridine rings is 2. The van der Waals surface area contributed by atoms with E-state index in [-0.39, 0.29) is 0 Å². The molecule has 2 aliphatic heterocycles. The summed E-state index contributed by atoms with van der Waals surface area (Å²) in [4.78, 5) is 15.6. The Morgan fingerprint density at radius 3 is 2.20 bits per heavy atom. The van der Waals surface area contributed by atoms with Crippen molar-refractivity contribution >= 4 is 17.2 Å². The van der Waals surface area contributed by atoms with Crippen LogP contribution in [0.2, 0.25) is 0 Å². The number of morpholine rings is 1. The van der Waals surface area contributed by atoms with Crippen molar-refractivity contribution in [2.45, 2.75) is 99.3 Å². The van der Waals surface area contributed by atoms with Crippen molar-refractivity contribution in [1.29, 1.82) is 0 Å². The highest BCUT2D eigenvalue weighted by molar-refractivity contribution is 7.09. The van der Waals surface area contributed by atoms with Gasteiger partial charge in [0.15, 0.2) is 0 Å². The Kier molecular flexibility index (Phi) is 20.8. The van der Waals surface area contributed by atoms with Gasteiger partial charge in [-0.1, -0.05) is 61.0 Å². The first-order valence-electron chi connectivity index (χ1n) is 15.8. The molecule has 3 aromatic heterocycles. The summed E-state index contributed by atoms with van der Waals surface area (Å²) in [7, 11) is 0. The van der Waals surface area contributed by atoms with Crippen LogP contribution in [-0.4, -0.2) is 54.5 Å². The smallest absolute Gasteiger partial charge is 0.128 e. The first-order valence-corrected chi connectivity index (χ1v) is 16.7. The molecule has 6 nitrogen and oxygen atoms in total. The zero-order chi connectivity index (χ0) is 30.3. The van der Waals surface area contributed by atoms with Crippen LogP contribution in [0.5, 0.6) is 0 Å². The standard InChI is InChI=1S/C12H18N2O.C11H15NO.C7H11NS.2C2H6/c1-2-4-11-5-3-6-12(13-11)14-7-9-15-10-8-14;1-9-2-5-12-11(8-9)10-3-6-13-7-4-10;1-3-6(2)7-8-4-5-9-7;2*1-2/h3,5-6H,2,4,7-10H2,1H3;2,5,8,10H,3-4,6-7H2,1H3;4-6H,3H2,1-2H3;2*1-2H3. The minimum Gasteiger partial charge on any atom is -0.381 e. The predicted molar refractivity (Wildman–Crippen MR) is 177 cm³/mol. The summed E-state index contributed by atoms with van der Waals surface area (Å²) >= 11 is 1.74. The van der Waals surface area contributed by atoms with Crippen molar-refractivity contribution in [2.75, 3.05) is 44.4 Å². The average molecular weight is 585 g/mol. The monoisotopic (exact) mass is 584 g/mol. The summed E-state index contributed by atoms with van der Waals surface area (Å²) in [5.41, 5.74) is 3.74. The van der Waals surface area contributed by atoms with Crippen molar-refractivity contribution in [3.05, 3.63) is 70.1 Å². The van der Waals surface area contributed by atoms with Crippen LogP contribution < -0.4 is 4.90 Å². The SMILES string of the molecule is CC.CC.CCC(C)c1nccs1.CCCc1cccc(N2CCOCC2)n1.Cc1ccnc(C2CCOCC2)c1. The van der Waals surface area contributed by atoms with E-state index in [9.17, 15) is 0 Å². The molecule has 0 N–H and O–H groups in total. The van der Waals surface area contributed by atoms with Crippen LogP contribution in [0.15, 0.2) is 48.1 Å². The summed E-state index contributed by atoms with van der Waals surface area (Å²) in [5.74, 6) is 2.36. The van der Waals surface area contributed by atoms with Gasteiger partial charge >= 0.3 is 0 Å². The van der Waals surface area contributed by atoms with E-state index in [0.717, 1.165) is 71.0 Å². The Hall–Kier alpha value is -2.35. The summed E-state index contributed by atoms with van der Waals surface area (Å²) in [6.07, 6.45) is 9.42. The number of hydrogen-bond donors (Lipinski definition) is 0. The molecule has 0 bridgehead atoms. The molecule has 0 saturated carbocycles. The molecule has 2 saturated heterocycles. The van der Waals surface area contributed by atoms with Crippen molar-refractivity contribution in [3.8, 4) is 0 Å². The fourth-order valence-electron chi connectivity index (χ4n) is 4.26. The van der Waals surface area contributed by atoms with Gasteiger partial charge in [0.2, 0.25) is 0 Å². The largest absolute Gasteiger partial charge is 0.381 e. The van der Waals surface area contributed by atoms with E-state index in [4.69, 9.17) is 9.47 Å². The van der Waals surface area contributed by atoms with Gasteiger partial charge in [0.05, 0.1) is 18.2 Å². The quantitative estimate of drug-likeness (QED) is 0.288. The molecule has 1 atom stereocenters. The van der Waals surface area contributed by atoms with Crippen LogP contribution >= 0.6 is 11.3 Å². The lowest BCUT2D eigenvalue weighted by atomic mass is 9.95. The van der Waals surface area contributed by atoms with Gasteiger partial charge < -0.3 is 14.4 Å². The summed E-state index contributed by atoms with van der Waals surface area (Å²) in [6, 6.07) is 10.5. The van der Waals surface area contributed by atoms with Crippen LogP contribution in [-0.2, 0) is 15.9 Å². The minimum atomic E-state index is 0.619. The van der Waals surface area contributed by atoms with Crippen LogP contribution in [0.4, 0.5) is 5.82 Å². The third kappa shape index (κ3) is 14.4. The highest BCUT2D eigenvalue weighted by Gasteiger charge is 2.16. The molecule has 7 heteroatoms. The Bertz CT molecular complexity index is 1000. The van der Waals surface area contributed by atoms with E-state index >= 15 is 0 Å². The lowest BCUT2D eigenvalue weighted by Gasteiger charge is -2.28. The summed E-state index contributed by atoms with van der Waals surface area (Å²) in [5, 5.41) is 3.29. The highest BCUT2D eigenvalue weighted by Crippen LogP contribution is 2.25. The van der Waals surface area contributed by atoms with Gasteiger partial charge in [0.1, 0.15) is 5.82 Å². The lowest BCUT2D eigenvalue weighted by molar-refractivity contribution is 0.0845. The molecule has 230 valence electrons. The predicted octanol–water partition coefficient (Wildman–Crippen LogP) is 8.86. The number of aryl methyl sites for hydroxylation is 2. The highest BCUT2D eigenvalue weighted by atomic mass is 32.1. The van der Waals surface area contributed by atoms with Crippen molar-refractivity contribution < 1.29 is 9.47 Å². The van der Waals surface area contributed by atoms with Crippen LogP contribution in [0, 0.1) is 6.92 Å². The number of hydrogen-bond acceptors (Lipinski definition) is 7. The molecule has 1 unspecified atom stereocenters. The minimum absolute atomic E-state index is 0.619. The van der Waals surface area contributed by atoms with Crippen molar-refractivity contribution in [1.82, 2.24) is 15.0 Å². The molecule has 0 aromatic carbocycles. The summed E-state index contributed by atoms with van der Waals surface area (Å²) < 4.78 is 10.7. The van der Waals surface area contributed by atoms with Gasteiger partial charge in [-0.25, -0.2) is 9.97 Å². The topological polar surface area (TPSA) is 60.4 Å². The number of nitrogens with zero attached hydrogens (tertiary/aromatic N) is 4. The first kappa shape index (κ1) is 36.7. The van der Waals surface area contributed by atoms with Crippen molar-refractivity contribution in [3.63, 3.8) is 0 Å². The number of thiazole rings is 1. The normalized spacial score (nSPS) is 15.4. The van der Waals surface area contributed by atoms with Gasteiger partial charge in [-0.3, -0.25) is 4.98 Å². The van der Waals surface area contributed by atoms with E-state index in [2.05, 4.69) is 71.8 Å². The number of aromatic nitrogens is 3. The molecule has 0 spiro atoms. The molecule has 0 radical (unpaired) electrons. The number of ether oxygens (including phenoxy) is 2. The second kappa shape index (κ2) is 23.2. The molecule has 2 fully saturated rings. The van der Waals surface area contributed by atoms with E-state index in [1.54, 1.807) is 11.3 Å². The molecular weight excluding hydrogens is 528 g/mol. The molecule has 0 amide bonds. The molecule has 3 aromatic rings. The van der Waals surface area contributed by atoms with E-state index in [0.29, 0.717) is 11.8 Å². The number of anilines is 1. The van der Waals surface area contributed by atoms with Crippen LogP contribution in [0.25, 0.3) is 0 Å². The van der Waals surface area contributed by atoms with Crippen LogP contribution in [0.3, 0.4) is 0 Å². The number of rotatable bonds is 6. The van der Waals surface area contributed by atoms with E-state index < -0.39 is 0 Å². The van der Waals surface area contributed by atoms with Gasteiger partial charge in [-0.2, -0.15) is 0 Å². The Morgan fingerprint density at radius 1 is 0.927 bits per heavy atom. The molecule has 5 rings (SSSR count). The fourth-order valence-corrected chi connectivity index (χ4v) is 5.04. The average Bonchev–Trinajstić information content (AvgIpc) is 3.60. The molecular formula is C34H56N4O2S. The lowest BCUT2D eigenvalue weighted by Crippen LogP contribution is -2.36. The van der Waals surface area contributed by atoms with Gasteiger partial charge in [0.25, 0.3) is 0 Å². The second-order valence-electron chi connectivity index (χ2n) is 9.66. The second-order valence-corrected chi connectivity index (χ2v) is 10.6. The Balaban J connectivity index is 0.000000297. The summed E-state index contributed by atoms with van der Waals surface area (Å²) in [6.45, 7) is 22.0. The maximum Gasteiger partial charge on any atom is 0.128 e. The van der Waals surface area contributed by atoms with Gasteiger partial charge in [-0.05, 0) is 62.4 Å². The van der Waals surface area contributed by atoms with Crippen LogP contribution in [0.1, 0.15) is 108 Å². The third-order valence-corrected chi connectivity index (χ3v) is 7.70. The molecule has 0 aliphatic carbocycles. The van der Waals surface area contributed by atoms with Crippen molar-refractivity contribution in [2.24, 2.45) is 0 Å². The molecule has 2 aliphatic rings. The maximum atomic E-state index is 5.33. The third-order valence-electron chi connectivity index (χ3n) is 6.69. The zero-order valence-electron chi connectivity index (χ0n) is 27.1. The maximum absolute atomic E-state index is 5.33. The van der Waals surface area contributed by atoms with Gasteiger partial charge in [-0.15, -0.1) is 11.3 Å². The zero-order valence-corrected chi connectivity index (χ0v) is 27.9. The van der Waals surface area contributed by atoms with E-state index in [1.165, 1.54) is 28.4 Å². The van der Waals surface area contributed by atoms with Gasteiger partial charge in [0, 0.05) is 67.3 Å². The fraction of sp³-hybridized carbons (Fsp3) is 0.618. The van der Waals surface area contributed by atoms with E-state index in [1.807, 2.05) is 51.5 Å². The Morgan fingerprint density at radius 2 is 1.61 bits per heavy atom. The molecule has 5 heterocycles. The molecule has 41 heavy (non-hydrogen) atoms. The Labute approximate surface area is 255 Å².